The molecule has 0 aliphatic rings. The molecule has 0 saturated carbocycles. The molecule has 0 heterocycles. The van der Waals surface area contributed by atoms with Crippen molar-refractivity contribution in [2.45, 2.75) is 171 Å². The highest BCUT2D eigenvalue weighted by Crippen LogP contribution is 2.32. The first-order valence-electron chi connectivity index (χ1n) is 27.1. The molecule has 0 radical (unpaired) electrons. The quantitative estimate of drug-likeness (QED) is 0.0106. The SMILES string of the molecule is C/C(=C\CCCC(CCCO)c1ccccc1)CCC(CCCO)c1ccccc1.CC(CCCCC(CCCO)c1ccccc1)CCC(CCCO)c1ccccc1.Cc1ccc(S(=O)(=O)NN)cc1. The van der Waals surface area contributed by atoms with E-state index in [1.165, 1.54) is 91.3 Å². The fourth-order valence-corrected chi connectivity index (χ4v) is 10.3. The zero-order valence-electron chi connectivity index (χ0n) is 44.2. The predicted octanol–water partition coefficient (Wildman–Crippen LogP) is 14.2. The lowest BCUT2D eigenvalue weighted by Crippen LogP contribution is -2.30. The minimum atomic E-state index is -3.49. The van der Waals surface area contributed by atoms with Crippen LogP contribution in [-0.2, 0) is 10.0 Å². The molecule has 5 atom stereocenters. The van der Waals surface area contributed by atoms with E-state index in [0.717, 1.165) is 82.1 Å². The van der Waals surface area contributed by atoms with Gasteiger partial charge in [-0.25, -0.2) is 8.42 Å². The van der Waals surface area contributed by atoms with Crippen molar-refractivity contribution in [2.24, 2.45) is 11.8 Å². The number of allylic oxidation sites excluding steroid dienone is 2. The van der Waals surface area contributed by atoms with Crippen LogP contribution in [0.25, 0.3) is 0 Å². The van der Waals surface area contributed by atoms with Crippen LogP contribution in [0.5, 0.6) is 0 Å². The van der Waals surface area contributed by atoms with E-state index in [2.05, 4.69) is 141 Å². The second-order valence-electron chi connectivity index (χ2n) is 19.8. The van der Waals surface area contributed by atoms with E-state index in [-0.39, 0.29) is 24.7 Å². The molecule has 9 heteroatoms. The Balaban J connectivity index is 0.000000310. The van der Waals surface area contributed by atoms with Crippen molar-refractivity contribution in [3.8, 4) is 0 Å². The highest BCUT2D eigenvalue weighted by Gasteiger charge is 2.16. The normalized spacial score (nSPS) is 13.7. The molecular weight excluding hydrogens is 913 g/mol. The molecule has 0 amide bonds. The monoisotopic (exact) mass is 1000 g/mol. The molecule has 0 fully saturated rings. The summed E-state index contributed by atoms with van der Waals surface area (Å²) < 4.78 is 22.2. The fourth-order valence-electron chi connectivity index (χ4n) is 9.68. The van der Waals surface area contributed by atoms with Gasteiger partial charge in [0.15, 0.2) is 0 Å². The van der Waals surface area contributed by atoms with Crippen LogP contribution in [-0.4, -0.2) is 55.3 Å². The minimum absolute atomic E-state index is 0.176. The van der Waals surface area contributed by atoms with Crippen molar-refractivity contribution >= 4 is 10.0 Å². The Kier molecular flexibility index (Phi) is 32.8. The second-order valence-corrected chi connectivity index (χ2v) is 21.5. The van der Waals surface area contributed by atoms with Crippen molar-refractivity contribution in [3.63, 3.8) is 0 Å². The van der Waals surface area contributed by atoms with Gasteiger partial charge >= 0.3 is 0 Å². The van der Waals surface area contributed by atoms with Crippen LogP contribution in [0, 0.1) is 12.8 Å². The lowest BCUT2D eigenvalue weighted by molar-refractivity contribution is 0.276. The maximum absolute atomic E-state index is 11.1. The minimum Gasteiger partial charge on any atom is -0.396 e. The molecule has 0 saturated heterocycles. The molecule has 5 rings (SSSR count). The number of aliphatic hydroxyl groups excluding tert-OH is 4. The molecule has 72 heavy (non-hydrogen) atoms. The highest BCUT2D eigenvalue weighted by atomic mass is 32.2. The summed E-state index contributed by atoms with van der Waals surface area (Å²) in [5, 5.41) is 36.9. The number of aliphatic hydroxyl groups is 4. The van der Waals surface area contributed by atoms with Crippen LogP contribution in [0.15, 0.2) is 162 Å². The van der Waals surface area contributed by atoms with Crippen LogP contribution >= 0.6 is 0 Å². The summed E-state index contributed by atoms with van der Waals surface area (Å²) in [5.41, 5.74) is 8.13. The Labute approximate surface area is 436 Å². The van der Waals surface area contributed by atoms with E-state index in [1.807, 2.05) is 6.92 Å². The van der Waals surface area contributed by atoms with Crippen LogP contribution in [0.1, 0.15) is 187 Å². The van der Waals surface area contributed by atoms with E-state index in [1.54, 1.807) is 17.0 Å². The third kappa shape index (κ3) is 26.0. The maximum atomic E-state index is 11.1. The van der Waals surface area contributed by atoms with E-state index in [4.69, 9.17) is 5.84 Å². The van der Waals surface area contributed by atoms with Crippen LogP contribution in [0.4, 0.5) is 0 Å². The summed E-state index contributed by atoms with van der Waals surface area (Å²) in [6.45, 7) is 7.67. The van der Waals surface area contributed by atoms with Gasteiger partial charge < -0.3 is 20.4 Å². The average molecular weight is 1010 g/mol. The first-order valence-corrected chi connectivity index (χ1v) is 28.6. The van der Waals surface area contributed by atoms with Gasteiger partial charge in [0.2, 0.25) is 0 Å². The van der Waals surface area contributed by atoms with Gasteiger partial charge in [0.25, 0.3) is 10.0 Å². The molecule has 0 bridgehead atoms. The number of unbranched alkanes of at least 4 members (excludes halogenated alkanes) is 2. The summed E-state index contributed by atoms with van der Waals surface area (Å²) >= 11 is 0. The number of rotatable bonds is 33. The van der Waals surface area contributed by atoms with E-state index < -0.39 is 10.0 Å². The Morgan fingerprint density at radius 2 is 0.819 bits per heavy atom. The Morgan fingerprint density at radius 1 is 0.472 bits per heavy atom. The van der Waals surface area contributed by atoms with Crippen molar-refractivity contribution in [3.05, 3.63) is 185 Å². The fraction of sp³-hybridized carbons (Fsp3) is 0.492. The summed E-state index contributed by atoms with van der Waals surface area (Å²) in [5.74, 6) is 7.82. The smallest absolute Gasteiger partial charge is 0.253 e. The molecule has 5 unspecified atom stereocenters. The van der Waals surface area contributed by atoms with Crippen molar-refractivity contribution in [1.82, 2.24) is 4.83 Å². The van der Waals surface area contributed by atoms with Gasteiger partial charge in [0.05, 0.1) is 4.90 Å². The zero-order chi connectivity index (χ0) is 52.1. The molecule has 0 aliphatic carbocycles. The van der Waals surface area contributed by atoms with Gasteiger partial charge in [-0.1, -0.05) is 183 Å². The number of hydrogen-bond acceptors (Lipinski definition) is 7. The number of hydrogen-bond donors (Lipinski definition) is 6. The molecule has 5 aromatic rings. The lowest BCUT2D eigenvalue weighted by atomic mass is 9.85. The molecule has 5 aromatic carbocycles. The molecule has 0 aromatic heterocycles. The number of aryl methyl sites for hydroxylation is 1. The van der Waals surface area contributed by atoms with Crippen molar-refractivity contribution in [1.29, 1.82) is 0 Å². The van der Waals surface area contributed by atoms with Gasteiger partial charge in [-0.3, -0.25) is 5.84 Å². The zero-order valence-corrected chi connectivity index (χ0v) is 45.0. The third-order valence-electron chi connectivity index (χ3n) is 14.1. The van der Waals surface area contributed by atoms with Crippen molar-refractivity contribution in [2.75, 3.05) is 26.4 Å². The summed E-state index contributed by atoms with van der Waals surface area (Å²) in [7, 11) is -3.49. The number of hydrazine groups is 1. The number of nitrogens with two attached hydrogens (primary N) is 1. The van der Waals surface area contributed by atoms with E-state index in [9.17, 15) is 28.8 Å². The summed E-state index contributed by atoms with van der Waals surface area (Å²) in [4.78, 5) is 1.93. The van der Waals surface area contributed by atoms with Gasteiger partial charge in [-0.15, -0.1) is 0 Å². The highest BCUT2D eigenvalue weighted by molar-refractivity contribution is 7.89. The van der Waals surface area contributed by atoms with Gasteiger partial charge in [-0.2, -0.15) is 4.83 Å². The Morgan fingerprint density at radius 3 is 1.21 bits per heavy atom. The molecule has 396 valence electrons. The third-order valence-corrected chi connectivity index (χ3v) is 15.3. The van der Waals surface area contributed by atoms with Gasteiger partial charge in [0.1, 0.15) is 0 Å². The first-order chi connectivity index (χ1) is 35.0. The Bertz CT molecular complexity index is 2190. The first kappa shape index (κ1) is 61.8. The molecule has 8 nitrogen and oxygen atoms in total. The molecular formula is C63H92N2O6S. The molecule has 0 spiro atoms. The van der Waals surface area contributed by atoms with Crippen LogP contribution in [0.3, 0.4) is 0 Å². The standard InChI is InChI=1S/C28H42O2.C28H40O2.C7H10N2O2S/c2*1-24(20-21-28(19-11-23-30)26-15-6-3-7-16-26)12-8-9-17-27(18-10-22-29)25-13-4-2-5-14-25;1-6-2-4-7(5-3-6)12(10,11)9-8/h2-7,13-16,24,27-30H,8-12,17-23H2,1H3;2-7,12-16,27-30H,8-11,17-23H2,1H3;2-5,9H,8H2,1H3/b;24-12+;. The topological polar surface area (TPSA) is 153 Å². The van der Waals surface area contributed by atoms with Crippen molar-refractivity contribution < 1.29 is 28.8 Å². The summed E-state index contributed by atoms with van der Waals surface area (Å²) in [6.07, 6.45) is 23.5. The second kappa shape index (κ2) is 38.2. The predicted molar refractivity (Wildman–Crippen MR) is 301 cm³/mol. The number of sulfonamides is 1. The maximum Gasteiger partial charge on any atom is 0.253 e. The van der Waals surface area contributed by atoms with E-state index >= 15 is 0 Å². The lowest BCUT2D eigenvalue weighted by Gasteiger charge is -2.20. The molecule has 7 N–H and O–H groups in total. The summed E-state index contributed by atoms with van der Waals surface area (Å²) in [6, 6.07) is 49.6. The van der Waals surface area contributed by atoms with Gasteiger partial charge in [0, 0.05) is 26.4 Å². The number of benzene rings is 5. The van der Waals surface area contributed by atoms with Crippen LogP contribution < -0.4 is 10.7 Å². The Hall–Kier alpha value is -4.45. The average Bonchev–Trinajstić information content (AvgIpc) is 3.42. The van der Waals surface area contributed by atoms with Crippen LogP contribution in [0.2, 0.25) is 0 Å². The largest absolute Gasteiger partial charge is 0.396 e. The number of nitrogens with one attached hydrogen (secondary N) is 1. The molecule has 0 aliphatic heterocycles. The van der Waals surface area contributed by atoms with E-state index in [0.29, 0.717) is 30.3 Å². The van der Waals surface area contributed by atoms with Gasteiger partial charge in [-0.05, 0) is 174 Å².